The Morgan fingerprint density at radius 2 is 2.15 bits per heavy atom. The molecular weight excluding hydrogens is 166 g/mol. The number of nitrogens with two attached hydrogens (primary N) is 1. The molecule has 0 heterocycles. The van der Waals surface area contributed by atoms with Crippen LogP contribution >= 0.6 is 0 Å². The molecule has 1 fully saturated rings. The van der Waals surface area contributed by atoms with Crippen LogP contribution in [0, 0.1) is 0 Å². The molecule has 13 heavy (non-hydrogen) atoms. The first-order chi connectivity index (χ1) is 6.33. The first-order valence-corrected chi connectivity index (χ1v) is 5.00. The summed E-state index contributed by atoms with van der Waals surface area (Å²) in [5.41, 5.74) is 5.65. The van der Waals surface area contributed by atoms with E-state index in [9.17, 15) is 0 Å². The van der Waals surface area contributed by atoms with Gasteiger partial charge < -0.3 is 16.2 Å². The van der Waals surface area contributed by atoms with Crippen molar-refractivity contribution in [2.45, 2.75) is 38.1 Å². The number of nitrogens with one attached hydrogen (secondary N) is 1. The van der Waals surface area contributed by atoms with Gasteiger partial charge in [-0.05, 0) is 19.3 Å². The van der Waals surface area contributed by atoms with E-state index in [1.54, 1.807) is 0 Å². The molecule has 0 atom stereocenters. The number of rotatable bonds is 4. The number of aliphatic hydroxyl groups is 1. The summed E-state index contributed by atoms with van der Waals surface area (Å²) < 4.78 is 0. The number of aliphatic hydroxyl groups excluding tert-OH is 1. The summed E-state index contributed by atoms with van der Waals surface area (Å²) in [6.07, 6.45) is 5.68. The lowest BCUT2D eigenvalue weighted by molar-refractivity contribution is 0.291. The molecule has 0 amide bonds. The van der Waals surface area contributed by atoms with E-state index in [0.717, 1.165) is 0 Å². The molecule has 0 aromatic carbocycles. The predicted octanol–water partition coefficient (Wildman–Crippen LogP) is 0.216. The first kappa shape index (κ1) is 10.3. The average Bonchev–Trinajstić information content (AvgIpc) is 2.57. The molecule has 0 aromatic rings. The standard InChI is InChI=1S/C9H19N3O/c10-9(11-6-3-7-13)12-8-4-1-2-5-8/h8,13H,1-7H2,(H3,10,11,12). The SMILES string of the molecule is NC(=NCCCO)NC1CCCC1. The molecule has 0 unspecified atom stereocenters. The molecule has 1 rings (SSSR count). The van der Waals surface area contributed by atoms with Crippen molar-refractivity contribution in [2.24, 2.45) is 10.7 Å². The molecule has 1 aliphatic carbocycles. The van der Waals surface area contributed by atoms with E-state index in [4.69, 9.17) is 10.8 Å². The summed E-state index contributed by atoms with van der Waals surface area (Å²) in [5, 5.41) is 11.7. The highest BCUT2D eigenvalue weighted by molar-refractivity contribution is 5.78. The highest BCUT2D eigenvalue weighted by Gasteiger charge is 2.14. The number of guanidine groups is 1. The van der Waals surface area contributed by atoms with Gasteiger partial charge in [0.15, 0.2) is 5.96 Å². The van der Waals surface area contributed by atoms with Crippen LogP contribution in [0.2, 0.25) is 0 Å². The zero-order valence-electron chi connectivity index (χ0n) is 8.00. The zero-order valence-corrected chi connectivity index (χ0v) is 8.00. The number of nitrogens with zero attached hydrogens (tertiary/aromatic N) is 1. The van der Waals surface area contributed by atoms with Crippen LogP contribution in [0.15, 0.2) is 4.99 Å². The molecule has 4 N–H and O–H groups in total. The van der Waals surface area contributed by atoms with E-state index in [1.165, 1.54) is 25.7 Å². The third-order valence-corrected chi connectivity index (χ3v) is 2.31. The molecule has 0 aliphatic heterocycles. The second-order valence-electron chi connectivity index (χ2n) is 3.47. The van der Waals surface area contributed by atoms with Gasteiger partial charge in [-0.15, -0.1) is 0 Å². The van der Waals surface area contributed by atoms with Crippen LogP contribution < -0.4 is 11.1 Å². The topological polar surface area (TPSA) is 70.6 Å². The van der Waals surface area contributed by atoms with Gasteiger partial charge in [0.1, 0.15) is 0 Å². The van der Waals surface area contributed by atoms with Crippen LogP contribution in [0.3, 0.4) is 0 Å². The van der Waals surface area contributed by atoms with E-state index in [-0.39, 0.29) is 6.61 Å². The van der Waals surface area contributed by atoms with Gasteiger partial charge >= 0.3 is 0 Å². The summed E-state index contributed by atoms with van der Waals surface area (Å²) >= 11 is 0. The van der Waals surface area contributed by atoms with Gasteiger partial charge in [-0.1, -0.05) is 12.8 Å². The molecule has 1 aliphatic rings. The fraction of sp³-hybridized carbons (Fsp3) is 0.889. The van der Waals surface area contributed by atoms with Gasteiger partial charge in [0.05, 0.1) is 0 Å². The molecule has 0 saturated heterocycles. The third kappa shape index (κ3) is 4.12. The minimum absolute atomic E-state index is 0.181. The third-order valence-electron chi connectivity index (χ3n) is 2.31. The lowest BCUT2D eigenvalue weighted by atomic mass is 10.2. The summed E-state index contributed by atoms with van der Waals surface area (Å²) in [6, 6.07) is 0.526. The number of hydrogen-bond donors (Lipinski definition) is 3. The Hall–Kier alpha value is -0.770. The number of aliphatic imine (C=N–C) groups is 1. The van der Waals surface area contributed by atoms with Gasteiger partial charge in [0.25, 0.3) is 0 Å². The van der Waals surface area contributed by atoms with E-state index in [2.05, 4.69) is 10.3 Å². The lowest BCUT2D eigenvalue weighted by Crippen LogP contribution is -2.38. The van der Waals surface area contributed by atoms with Crippen molar-refractivity contribution in [3.05, 3.63) is 0 Å². The van der Waals surface area contributed by atoms with Crippen LogP contribution in [0.25, 0.3) is 0 Å². The minimum Gasteiger partial charge on any atom is -0.396 e. The fourth-order valence-electron chi connectivity index (χ4n) is 1.60. The molecule has 4 heteroatoms. The fourth-order valence-corrected chi connectivity index (χ4v) is 1.60. The van der Waals surface area contributed by atoms with Crippen LogP contribution in [0.1, 0.15) is 32.1 Å². The van der Waals surface area contributed by atoms with Crippen LogP contribution in [-0.4, -0.2) is 30.3 Å². The first-order valence-electron chi connectivity index (χ1n) is 5.00. The maximum atomic E-state index is 8.53. The summed E-state index contributed by atoms with van der Waals surface area (Å²) in [6.45, 7) is 0.794. The van der Waals surface area contributed by atoms with Crippen molar-refractivity contribution in [3.8, 4) is 0 Å². The van der Waals surface area contributed by atoms with Crippen molar-refractivity contribution in [1.82, 2.24) is 5.32 Å². The summed E-state index contributed by atoms with van der Waals surface area (Å²) in [5.74, 6) is 0.528. The van der Waals surface area contributed by atoms with Crippen LogP contribution in [0.5, 0.6) is 0 Å². The van der Waals surface area contributed by atoms with Crippen LogP contribution in [-0.2, 0) is 0 Å². The Morgan fingerprint density at radius 1 is 1.46 bits per heavy atom. The van der Waals surface area contributed by atoms with E-state index in [1.807, 2.05) is 0 Å². The Balaban J connectivity index is 2.14. The Morgan fingerprint density at radius 3 is 2.77 bits per heavy atom. The van der Waals surface area contributed by atoms with Gasteiger partial charge in [-0.3, -0.25) is 4.99 Å². The second kappa shape index (κ2) is 5.80. The van der Waals surface area contributed by atoms with E-state index in [0.29, 0.717) is 25.0 Å². The van der Waals surface area contributed by atoms with Crippen molar-refractivity contribution in [3.63, 3.8) is 0 Å². The smallest absolute Gasteiger partial charge is 0.188 e. The predicted molar refractivity (Wildman–Crippen MR) is 53.6 cm³/mol. The van der Waals surface area contributed by atoms with Crippen molar-refractivity contribution in [1.29, 1.82) is 0 Å². The van der Waals surface area contributed by atoms with Gasteiger partial charge in [-0.2, -0.15) is 0 Å². The van der Waals surface area contributed by atoms with Gasteiger partial charge in [-0.25, -0.2) is 0 Å². The molecule has 76 valence electrons. The van der Waals surface area contributed by atoms with E-state index >= 15 is 0 Å². The molecule has 0 spiro atoms. The van der Waals surface area contributed by atoms with Crippen molar-refractivity contribution in [2.75, 3.05) is 13.2 Å². The molecule has 0 bridgehead atoms. The minimum atomic E-state index is 0.181. The van der Waals surface area contributed by atoms with Crippen molar-refractivity contribution < 1.29 is 5.11 Å². The quantitative estimate of drug-likeness (QED) is 0.333. The largest absolute Gasteiger partial charge is 0.396 e. The van der Waals surface area contributed by atoms with E-state index < -0.39 is 0 Å². The summed E-state index contributed by atoms with van der Waals surface area (Å²) in [7, 11) is 0. The monoisotopic (exact) mass is 185 g/mol. The normalized spacial score (nSPS) is 19.3. The Bertz CT molecular complexity index is 164. The molecular formula is C9H19N3O. The highest BCUT2D eigenvalue weighted by Crippen LogP contribution is 2.17. The Kier molecular flexibility index (Phi) is 4.60. The summed E-state index contributed by atoms with van der Waals surface area (Å²) in [4.78, 5) is 4.10. The van der Waals surface area contributed by atoms with Gasteiger partial charge in [0.2, 0.25) is 0 Å². The second-order valence-corrected chi connectivity index (χ2v) is 3.47. The zero-order chi connectivity index (χ0) is 9.52. The maximum absolute atomic E-state index is 8.53. The molecule has 0 radical (unpaired) electrons. The molecule has 4 nitrogen and oxygen atoms in total. The number of hydrogen-bond acceptors (Lipinski definition) is 2. The lowest BCUT2D eigenvalue weighted by Gasteiger charge is -2.11. The molecule has 1 saturated carbocycles. The average molecular weight is 185 g/mol. The van der Waals surface area contributed by atoms with Crippen molar-refractivity contribution >= 4 is 5.96 Å². The molecule has 0 aromatic heterocycles. The Labute approximate surface area is 79.2 Å². The highest BCUT2D eigenvalue weighted by atomic mass is 16.3. The van der Waals surface area contributed by atoms with Crippen LogP contribution in [0.4, 0.5) is 0 Å². The van der Waals surface area contributed by atoms with Gasteiger partial charge in [0, 0.05) is 19.2 Å². The maximum Gasteiger partial charge on any atom is 0.188 e.